The van der Waals surface area contributed by atoms with Crippen molar-refractivity contribution in [2.45, 2.75) is 31.6 Å². The van der Waals surface area contributed by atoms with Crippen molar-refractivity contribution in [1.82, 2.24) is 25.1 Å². The minimum Gasteiger partial charge on any atom is -0.257 e. The van der Waals surface area contributed by atoms with Gasteiger partial charge in [0, 0.05) is 5.92 Å². The van der Waals surface area contributed by atoms with Crippen LogP contribution in [0.3, 0.4) is 0 Å². The fourth-order valence-electron chi connectivity index (χ4n) is 2.32. The molecule has 3 rings (SSSR count). The summed E-state index contributed by atoms with van der Waals surface area (Å²) in [6.07, 6.45) is 6.24. The standard InChI is InChI=1S/C11H11BrClN5/c12-7-8(6-3-1-2-4-6)16-11(17-9(7)13)10-14-5-15-18-10/h5-6H,1-4H2,(H,14,15,18). The van der Waals surface area contributed by atoms with Crippen molar-refractivity contribution >= 4 is 27.5 Å². The molecule has 0 amide bonds. The molecule has 0 aliphatic heterocycles. The Morgan fingerprint density at radius 3 is 2.72 bits per heavy atom. The molecule has 5 nitrogen and oxygen atoms in total. The first kappa shape index (κ1) is 12.0. The maximum Gasteiger partial charge on any atom is 0.199 e. The summed E-state index contributed by atoms with van der Waals surface area (Å²) >= 11 is 9.64. The molecule has 0 radical (unpaired) electrons. The molecule has 0 unspecified atom stereocenters. The van der Waals surface area contributed by atoms with Crippen LogP contribution >= 0.6 is 27.5 Å². The Labute approximate surface area is 118 Å². The van der Waals surface area contributed by atoms with E-state index in [-0.39, 0.29) is 0 Å². The predicted octanol–water partition coefficient (Wildman–Crippen LogP) is 3.34. The number of nitrogens with zero attached hydrogens (tertiary/aromatic N) is 4. The number of aromatic amines is 1. The van der Waals surface area contributed by atoms with E-state index in [0.29, 0.717) is 22.7 Å². The zero-order valence-corrected chi connectivity index (χ0v) is 11.9. The van der Waals surface area contributed by atoms with E-state index < -0.39 is 0 Å². The molecule has 2 aromatic heterocycles. The van der Waals surface area contributed by atoms with Gasteiger partial charge in [0.25, 0.3) is 0 Å². The third-order valence-electron chi connectivity index (χ3n) is 3.21. The van der Waals surface area contributed by atoms with Crippen molar-refractivity contribution in [2.24, 2.45) is 0 Å². The zero-order chi connectivity index (χ0) is 12.5. The molecule has 0 atom stereocenters. The summed E-state index contributed by atoms with van der Waals surface area (Å²) in [6.45, 7) is 0. The van der Waals surface area contributed by atoms with Crippen molar-refractivity contribution < 1.29 is 0 Å². The van der Waals surface area contributed by atoms with Crippen molar-refractivity contribution in [3.8, 4) is 11.6 Å². The van der Waals surface area contributed by atoms with Crippen LogP contribution in [-0.2, 0) is 0 Å². The van der Waals surface area contributed by atoms with Crippen LogP contribution in [0.5, 0.6) is 0 Å². The Morgan fingerprint density at radius 2 is 2.06 bits per heavy atom. The molecule has 2 aromatic rings. The van der Waals surface area contributed by atoms with E-state index in [1.165, 1.54) is 19.2 Å². The molecule has 18 heavy (non-hydrogen) atoms. The van der Waals surface area contributed by atoms with Gasteiger partial charge >= 0.3 is 0 Å². The number of halogens is 2. The minimum absolute atomic E-state index is 0.429. The van der Waals surface area contributed by atoms with Gasteiger partial charge in [0.1, 0.15) is 11.5 Å². The van der Waals surface area contributed by atoms with Gasteiger partial charge in [-0.05, 0) is 28.8 Å². The summed E-state index contributed by atoms with van der Waals surface area (Å²) in [5.41, 5.74) is 0.985. The monoisotopic (exact) mass is 327 g/mol. The predicted molar refractivity (Wildman–Crippen MR) is 71.3 cm³/mol. The topological polar surface area (TPSA) is 67.3 Å². The molecule has 0 saturated heterocycles. The summed E-state index contributed by atoms with van der Waals surface area (Å²) in [6, 6.07) is 0. The fourth-order valence-corrected chi connectivity index (χ4v) is 3.00. The van der Waals surface area contributed by atoms with Gasteiger partial charge in [-0.15, -0.1) is 0 Å². The SMILES string of the molecule is Clc1nc(-c2ncn[nH]2)nc(C2CCCC2)c1Br. The van der Waals surface area contributed by atoms with Crippen molar-refractivity contribution in [1.29, 1.82) is 0 Å². The van der Waals surface area contributed by atoms with Crippen LogP contribution in [0, 0.1) is 0 Å². The smallest absolute Gasteiger partial charge is 0.199 e. The van der Waals surface area contributed by atoms with Crippen LogP contribution in [0.2, 0.25) is 5.15 Å². The zero-order valence-electron chi connectivity index (χ0n) is 9.53. The van der Waals surface area contributed by atoms with Crippen molar-refractivity contribution in [3.05, 3.63) is 21.6 Å². The van der Waals surface area contributed by atoms with E-state index in [1.807, 2.05) is 0 Å². The molecular weight excluding hydrogens is 318 g/mol. The third kappa shape index (κ3) is 2.14. The van der Waals surface area contributed by atoms with Gasteiger partial charge < -0.3 is 0 Å². The number of nitrogens with one attached hydrogen (secondary N) is 1. The number of hydrogen-bond donors (Lipinski definition) is 1. The summed E-state index contributed by atoms with van der Waals surface area (Å²) in [7, 11) is 0. The van der Waals surface area contributed by atoms with E-state index in [0.717, 1.165) is 23.0 Å². The van der Waals surface area contributed by atoms with Gasteiger partial charge in [0.15, 0.2) is 11.6 Å². The largest absolute Gasteiger partial charge is 0.257 e. The van der Waals surface area contributed by atoms with E-state index in [9.17, 15) is 0 Å². The Morgan fingerprint density at radius 1 is 1.28 bits per heavy atom. The quantitative estimate of drug-likeness (QED) is 0.859. The van der Waals surface area contributed by atoms with E-state index in [2.05, 4.69) is 41.1 Å². The van der Waals surface area contributed by atoms with Crippen LogP contribution < -0.4 is 0 Å². The first-order chi connectivity index (χ1) is 8.75. The van der Waals surface area contributed by atoms with Gasteiger partial charge in [-0.2, -0.15) is 5.10 Å². The number of H-pyrrole nitrogens is 1. The lowest BCUT2D eigenvalue weighted by Crippen LogP contribution is -2.03. The lowest BCUT2D eigenvalue weighted by molar-refractivity contribution is 0.690. The van der Waals surface area contributed by atoms with Crippen molar-refractivity contribution in [2.75, 3.05) is 0 Å². The lowest BCUT2D eigenvalue weighted by atomic mass is 10.0. The molecule has 1 aliphatic carbocycles. The highest BCUT2D eigenvalue weighted by molar-refractivity contribution is 9.10. The maximum absolute atomic E-state index is 6.15. The Balaban J connectivity index is 2.07. The Bertz CT molecular complexity index is 551. The molecule has 1 saturated carbocycles. The second kappa shape index (κ2) is 4.93. The van der Waals surface area contributed by atoms with Crippen LogP contribution in [0.4, 0.5) is 0 Å². The van der Waals surface area contributed by atoms with Gasteiger partial charge in [0.2, 0.25) is 0 Å². The first-order valence-electron chi connectivity index (χ1n) is 5.84. The van der Waals surface area contributed by atoms with Gasteiger partial charge in [-0.1, -0.05) is 24.4 Å². The highest BCUT2D eigenvalue weighted by atomic mass is 79.9. The average Bonchev–Trinajstić information content (AvgIpc) is 3.03. The summed E-state index contributed by atoms with van der Waals surface area (Å²) in [4.78, 5) is 12.9. The first-order valence-corrected chi connectivity index (χ1v) is 7.01. The molecular formula is C11H11BrClN5. The fraction of sp³-hybridized carbons (Fsp3) is 0.455. The summed E-state index contributed by atoms with van der Waals surface area (Å²) < 4.78 is 0.805. The molecule has 1 N–H and O–H groups in total. The number of hydrogen-bond acceptors (Lipinski definition) is 4. The third-order valence-corrected chi connectivity index (χ3v) is 4.49. The van der Waals surface area contributed by atoms with Crippen LogP contribution in [0.1, 0.15) is 37.3 Å². The lowest BCUT2D eigenvalue weighted by Gasteiger charge is -2.12. The minimum atomic E-state index is 0.429. The Kier molecular flexibility index (Phi) is 3.30. The molecule has 1 aliphatic rings. The average molecular weight is 329 g/mol. The molecule has 2 heterocycles. The van der Waals surface area contributed by atoms with E-state index >= 15 is 0 Å². The second-order valence-electron chi connectivity index (χ2n) is 4.35. The Hall–Kier alpha value is -1.01. The van der Waals surface area contributed by atoms with Crippen molar-refractivity contribution in [3.63, 3.8) is 0 Å². The van der Waals surface area contributed by atoms with Gasteiger partial charge in [-0.25, -0.2) is 15.0 Å². The second-order valence-corrected chi connectivity index (χ2v) is 5.50. The molecule has 0 spiro atoms. The van der Waals surface area contributed by atoms with E-state index in [4.69, 9.17) is 11.6 Å². The number of rotatable bonds is 2. The molecule has 94 valence electrons. The summed E-state index contributed by atoms with van der Waals surface area (Å²) in [5, 5.41) is 6.99. The molecule has 7 heteroatoms. The van der Waals surface area contributed by atoms with E-state index in [1.54, 1.807) is 0 Å². The van der Waals surface area contributed by atoms with Gasteiger partial charge in [-0.3, -0.25) is 5.10 Å². The number of aromatic nitrogens is 5. The molecule has 0 aromatic carbocycles. The van der Waals surface area contributed by atoms with Crippen LogP contribution in [-0.4, -0.2) is 25.1 Å². The van der Waals surface area contributed by atoms with Crippen LogP contribution in [0.15, 0.2) is 10.8 Å². The summed E-state index contributed by atoms with van der Waals surface area (Å²) in [5.74, 6) is 1.51. The maximum atomic E-state index is 6.15. The van der Waals surface area contributed by atoms with Crippen LogP contribution in [0.25, 0.3) is 11.6 Å². The van der Waals surface area contributed by atoms with Gasteiger partial charge in [0.05, 0.1) is 10.2 Å². The highest BCUT2D eigenvalue weighted by Crippen LogP contribution is 2.39. The highest BCUT2D eigenvalue weighted by Gasteiger charge is 2.24. The molecule has 0 bridgehead atoms. The molecule has 1 fully saturated rings. The normalized spacial score (nSPS) is 16.3.